The van der Waals surface area contributed by atoms with Gasteiger partial charge in [-0.3, -0.25) is 0 Å². The third kappa shape index (κ3) is 2.53. The molecule has 1 aromatic heterocycles. The van der Waals surface area contributed by atoms with Gasteiger partial charge < -0.3 is 5.73 Å². The molecule has 2 N–H and O–H groups in total. The molecule has 0 atom stereocenters. The quantitative estimate of drug-likeness (QED) is 0.925. The fraction of sp³-hybridized carbons (Fsp3) is 0.231. The van der Waals surface area contributed by atoms with Crippen LogP contribution in [0, 0.1) is 13.8 Å². The molecular weight excluding hydrogens is 278 g/mol. The van der Waals surface area contributed by atoms with Crippen molar-refractivity contribution >= 4 is 15.9 Å². The van der Waals surface area contributed by atoms with E-state index in [-0.39, 0.29) is 0 Å². The van der Waals surface area contributed by atoms with Crippen LogP contribution in [0.5, 0.6) is 0 Å². The van der Waals surface area contributed by atoms with Gasteiger partial charge in [-0.15, -0.1) is 0 Å². The lowest BCUT2D eigenvalue weighted by Crippen LogP contribution is -2.07. The molecule has 0 saturated heterocycles. The van der Waals surface area contributed by atoms with Crippen LogP contribution in [0.25, 0.3) is 11.4 Å². The Morgan fingerprint density at radius 2 is 1.59 bits per heavy atom. The largest absolute Gasteiger partial charge is 0.326 e. The van der Waals surface area contributed by atoms with Gasteiger partial charge in [0.2, 0.25) is 0 Å². The van der Waals surface area contributed by atoms with Crippen molar-refractivity contribution in [3.8, 4) is 11.4 Å². The zero-order valence-electron chi connectivity index (χ0n) is 9.87. The van der Waals surface area contributed by atoms with Crippen molar-refractivity contribution in [3.05, 3.63) is 45.7 Å². The van der Waals surface area contributed by atoms with Crippen molar-refractivity contribution in [2.45, 2.75) is 20.4 Å². The first-order chi connectivity index (χ1) is 8.11. The first kappa shape index (κ1) is 12.2. The molecule has 0 fully saturated rings. The van der Waals surface area contributed by atoms with E-state index in [1.54, 1.807) is 0 Å². The van der Waals surface area contributed by atoms with Gasteiger partial charge in [-0.05, 0) is 26.0 Å². The summed E-state index contributed by atoms with van der Waals surface area (Å²) in [6.45, 7) is 4.43. The van der Waals surface area contributed by atoms with Gasteiger partial charge in [0.05, 0.1) is 0 Å². The molecule has 0 amide bonds. The lowest BCUT2D eigenvalue weighted by Gasteiger charge is -2.09. The fourth-order valence-electron chi connectivity index (χ4n) is 1.76. The maximum Gasteiger partial charge on any atom is 0.159 e. The maximum atomic E-state index is 5.67. The molecule has 0 aliphatic rings. The molecule has 2 rings (SSSR count). The Morgan fingerprint density at radius 3 is 2.06 bits per heavy atom. The summed E-state index contributed by atoms with van der Waals surface area (Å²) in [5.74, 6) is 0.754. The highest BCUT2D eigenvalue weighted by atomic mass is 79.9. The molecule has 3 nitrogen and oxygen atoms in total. The minimum Gasteiger partial charge on any atom is -0.326 e. The molecule has 2 aromatic rings. The number of aryl methyl sites for hydroxylation is 2. The third-order valence-corrected chi connectivity index (χ3v) is 3.26. The fourth-order valence-corrected chi connectivity index (χ4v) is 2.03. The molecule has 0 bridgehead atoms. The molecule has 0 unspecified atom stereocenters. The van der Waals surface area contributed by atoms with Gasteiger partial charge in [0.25, 0.3) is 0 Å². The van der Waals surface area contributed by atoms with Crippen LogP contribution in [0.2, 0.25) is 0 Å². The monoisotopic (exact) mass is 291 g/mol. The lowest BCUT2D eigenvalue weighted by atomic mass is 10.1. The van der Waals surface area contributed by atoms with Crippen molar-refractivity contribution in [3.63, 3.8) is 0 Å². The highest BCUT2D eigenvalue weighted by molar-refractivity contribution is 9.10. The van der Waals surface area contributed by atoms with Crippen LogP contribution in [0.3, 0.4) is 0 Å². The Hall–Kier alpha value is -1.26. The SMILES string of the molecule is Cc1nc(-c2ccc(Br)cc2)nc(C)c1CN. The number of nitrogens with zero attached hydrogens (tertiary/aromatic N) is 2. The number of benzene rings is 1. The molecule has 17 heavy (non-hydrogen) atoms. The zero-order valence-corrected chi connectivity index (χ0v) is 11.5. The van der Waals surface area contributed by atoms with E-state index in [0.29, 0.717) is 6.54 Å². The predicted octanol–water partition coefficient (Wildman–Crippen LogP) is 2.98. The van der Waals surface area contributed by atoms with Crippen molar-refractivity contribution in [2.75, 3.05) is 0 Å². The van der Waals surface area contributed by atoms with E-state index in [1.165, 1.54) is 0 Å². The van der Waals surface area contributed by atoms with Crippen molar-refractivity contribution in [1.29, 1.82) is 0 Å². The minimum atomic E-state index is 0.484. The Balaban J connectivity index is 2.50. The summed E-state index contributed by atoms with van der Waals surface area (Å²) in [6, 6.07) is 7.97. The maximum absolute atomic E-state index is 5.67. The highest BCUT2D eigenvalue weighted by Crippen LogP contribution is 2.20. The summed E-state index contributed by atoms with van der Waals surface area (Å²) in [5.41, 5.74) is 9.64. The first-order valence-corrected chi connectivity index (χ1v) is 6.21. The highest BCUT2D eigenvalue weighted by Gasteiger charge is 2.08. The number of hydrogen-bond donors (Lipinski definition) is 1. The van der Waals surface area contributed by atoms with Crippen molar-refractivity contribution < 1.29 is 0 Å². The third-order valence-electron chi connectivity index (χ3n) is 2.73. The zero-order chi connectivity index (χ0) is 12.4. The number of halogens is 1. The van der Waals surface area contributed by atoms with Crippen molar-refractivity contribution in [2.24, 2.45) is 5.73 Å². The Kier molecular flexibility index (Phi) is 3.54. The smallest absolute Gasteiger partial charge is 0.159 e. The number of hydrogen-bond acceptors (Lipinski definition) is 3. The van der Waals surface area contributed by atoms with E-state index in [2.05, 4.69) is 25.9 Å². The van der Waals surface area contributed by atoms with E-state index >= 15 is 0 Å². The molecule has 1 heterocycles. The van der Waals surface area contributed by atoms with Gasteiger partial charge in [0, 0.05) is 33.5 Å². The molecule has 1 aromatic carbocycles. The first-order valence-electron chi connectivity index (χ1n) is 5.42. The van der Waals surface area contributed by atoms with E-state index in [1.807, 2.05) is 38.1 Å². The van der Waals surface area contributed by atoms with Crippen LogP contribution in [-0.4, -0.2) is 9.97 Å². The predicted molar refractivity (Wildman–Crippen MR) is 72.5 cm³/mol. The summed E-state index contributed by atoms with van der Waals surface area (Å²) >= 11 is 3.41. The Bertz CT molecular complexity index is 512. The topological polar surface area (TPSA) is 51.8 Å². The molecular formula is C13H14BrN3. The summed E-state index contributed by atoms with van der Waals surface area (Å²) in [5, 5.41) is 0. The van der Waals surface area contributed by atoms with Gasteiger partial charge in [0.15, 0.2) is 5.82 Å². The Morgan fingerprint density at radius 1 is 1.06 bits per heavy atom. The van der Waals surface area contributed by atoms with E-state index in [0.717, 1.165) is 32.8 Å². The van der Waals surface area contributed by atoms with Gasteiger partial charge in [0.1, 0.15) is 0 Å². The van der Waals surface area contributed by atoms with Crippen LogP contribution in [0.1, 0.15) is 17.0 Å². The van der Waals surface area contributed by atoms with Gasteiger partial charge in [-0.2, -0.15) is 0 Å². The second-order valence-corrected chi connectivity index (χ2v) is 4.82. The second-order valence-electron chi connectivity index (χ2n) is 3.91. The molecule has 88 valence electrons. The van der Waals surface area contributed by atoms with E-state index < -0.39 is 0 Å². The van der Waals surface area contributed by atoms with Gasteiger partial charge in [-0.1, -0.05) is 28.1 Å². The average molecular weight is 292 g/mol. The van der Waals surface area contributed by atoms with Crippen molar-refractivity contribution in [1.82, 2.24) is 9.97 Å². The number of aromatic nitrogens is 2. The van der Waals surface area contributed by atoms with Gasteiger partial charge >= 0.3 is 0 Å². The average Bonchev–Trinajstić information content (AvgIpc) is 2.29. The molecule has 0 spiro atoms. The van der Waals surface area contributed by atoms with Gasteiger partial charge in [-0.25, -0.2) is 9.97 Å². The van der Waals surface area contributed by atoms with Crippen LogP contribution >= 0.6 is 15.9 Å². The van der Waals surface area contributed by atoms with E-state index in [9.17, 15) is 0 Å². The molecule has 4 heteroatoms. The molecule has 0 radical (unpaired) electrons. The summed E-state index contributed by atoms with van der Waals surface area (Å²) < 4.78 is 1.05. The summed E-state index contributed by atoms with van der Waals surface area (Å²) in [7, 11) is 0. The molecule has 0 aliphatic heterocycles. The minimum absolute atomic E-state index is 0.484. The standard InChI is InChI=1S/C13H14BrN3/c1-8-12(7-15)9(2)17-13(16-8)10-3-5-11(14)6-4-10/h3-6H,7,15H2,1-2H3. The second kappa shape index (κ2) is 4.94. The summed E-state index contributed by atoms with van der Waals surface area (Å²) in [4.78, 5) is 9.00. The van der Waals surface area contributed by atoms with Crippen LogP contribution < -0.4 is 5.73 Å². The normalized spacial score (nSPS) is 10.6. The Labute approximate surface area is 109 Å². The molecule has 0 saturated carbocycles. The summed E-state index contributed by atoms with van der Waals surface area (Å²) in [6.07, 6.45) is 0. The number of nitrogens with two attached hydrogens (primary N) is 1. The molecule has 0 aliphatic carbocycles. The van der Waals surface area contributed by atoms with Crippen LogP contribution in [-0.2, 0) is 6.54 Å². The lowest BCUT2D eigenvalue weighted by molar-refractivity contribution is 0.939. The van der Waals surface area contributed by atoms with Crippen LogP contribution in [0.4, 0.5) is 0 Å². The number of rotatable bonds is 2. The van der Waals surface area contributed by atoms with E-state index in [4.69, 9.17) is 5.73 Å². The van der Waals surface area contributed by atoms with Crippen LogP contribution in [0.15, 0.2) is 28.7 Å².